The third-order valence-electron chi connectivity index (χ3n) is 3.70. The van der Waals surface area contributed by atoms with Crippen LogP contribution in [0.3, 0.4) is 0 Å². The van der Waals surface area contributed by atoms with Gasteiger partial charge in [-0.2, -0.15) is 0 Å². The Hall–Kier alpha value is -0.910. The number of ether oxygens (including phenoxy) is 1. The van der Waals surface area contributed by atoms with Gasteiger partial charge in [0.2, 0.25) is 0 Å². The van der Waals surface area contributed by atoms with Crippen molar-refractivity contribution in [3.05, 3.63) is 23.8 Å². The molecule has 2 unspecified atom stereocenters. The van der Waals surface area contributed by atoms with Crippen molar-refractivity contribution >= 4 is 16.5 Å². The Kier molecular flexibility index (Phi) is 5.18. The molecule has 1 heterocycles. The van der Waals surface area contributed by atoms with Gasteiger partial charge in [0.1, 0.15) is 0 Å². The Labute approximate surface area is 123 Å². The number of hydrogen-bond donors (Lipinski definition) is 1. The second-order valence-corrected chi connectivity index (χ2v) is 7.08. The molecule has 1 fully saturated rings. The molecule has 0 bridgehead atoms. The SMILES string of the molecule is Cc1ccc(N)cc1S(=O)CC1CN(C(C)C)CCO1. The van der Waals surface area contributed by atoms with E-state index in [1.807, 2.05) is 25.1 Å². The summed E-state index contributed by atoms with van der Waals surface area (Å²) in [5, 5.41) is 0. The molecule has 1 aromatic carbocycles. The largest absolute Gasteiger partial charge is 0.399 e. The first-order valence-electron chi connectivity index (χ1n) is 7.07. The topological polar surface area (TPSA) is 55.6 Å². The van der Waals surface area contributed by atoms with Gasteiger partial charge in [0.15, 0.2) is 0 Å². The molecule has 2 N–H and O–H groups in total. The first-order valence-corrected chi connectivity index (χ1v) is 8.39. The van der Waals surface area contributed by atoms with E-state index in [-0.39, 0.29) is 6.10 Å². The van der Waals surface area contributed by atoms with Crippen LogP contribution in [0.1, 0.15) is 19.4 Å². The van der Waals surface area contributed by atoms with Crippen molar-refractivity contribution in [2.45, 2.75) is 37.8 Å². The summed E-state index contributed by atoms with van der Waals surface area (Å²) < 4.78 is 18.3. The van der Waals surface area contributed by atoms with Gasteiger partial charge in [0, 0.05) is 29.7 Å². The molecular weight excluding hydrogens is 272 g/mol. The summed E-state index contributed by atoms with van der Waals surface area (Å²) >= 11 is 0. The second-order valence-electron chi connectivity index (χ2n) is 5.62. The van der Waals surface area contributed by atoms with Gasteiger partial charge in [-0.15, -0.1) is 0 Å². The zero-order chi connectivity index (χ0) is 14.7. The van der Waals surface area contributed by atoms with Crippen LogP contribution in [0.15, 0.2) is 23.1 Å². The highest BCUT2D eigenvalue weighted by atomic mass is 32.2. The van der Waals surface area contributed by atoms with Gasteiger partial charge >= 0.3 is 0 Å². The van der Waals surface area contributed by atoms with Crippen molar-refractivity contribution in [1.29, 1.82) is 0 Å². The smallest absolute Gasteiger partial charge is 0.0821 e. The molecule has 1 aromatic rings. The van der Waals surface area contributed by atoms with E-state index >= 15 is 0 Å². The summed E-state index contributed by atoms with van der Waals surface area (Å²) in [6.07, 6.45) is 0.0350. The molecule has 20 heavy (non-hydrogen) atoms. The summed E-state index contributed by atoms with van der Waals surface area (Å²) in [5.74, 6) is 0.535. The minimum atomic E-state index is -1.06. The van der Waals surface area contributed by atoms with E-state index in [1.165, 1.54) is 0 Å². The van der Waals surface area contributed by atoms with Crippen LogP contribution in [0.25, 0.3) is 0 Å². The first-order chi connectivity index (χ1) is 9.47. The third kappa shape index (κ3) is 3.81. The highest BCUT2D eigenvalue weighted by molar-refractivity contribution is 7.85. The molecule has 0 aliphatic carbocycles. The molecule has 1 aliphatic rings. The van der Waals surface area contributed by atoms with Gasteiger partial charge in [-0.1, -0.05) is 6.07 Å². The monoisotopic (exact) mass is 296 g/mol. The van der Waals surface area contributed by atoms with E-state index in [1.54, 1.807) is 0 Å². The van der Waals surface area contributed by atoms with E-state index in [9.17, 15) is 4.21 Å². The van der Waals surface area contributed by atoms with Crippen molar-refractivity contribution < 1.29 is 8.95 Å². The Morgan fingerprint density at radius 2 is 2.25 bits per heavy atom. The highest BCUT2D eigenvalue weighted by Crippen LogP contribution is 2.19. The molecular formula is C15H24N2O2S. The lowest BCUT2D eigenvalue weighted by atomic mass is 10.2. The van der Waals surface area contributed by atoms with Gasteiger partial charge in [0.25, 0.3) is 0 Å². The molecule has 0 saturated carbocycles. The van der Waals surface area contributed by atoms with Gasteiger partial charge in [-0.25, -0.2) is 0 Å². The normalized spacial score (nSPS) is 22.1. The van der Waals surface area contributed by atoms with Crippen LogP contribution in [0.2, 0.25) is 0 Å². The van der Waals surface area contributed by atoms with Gasteiger partial charge < -0.3 is 10.5 Å². The van der Waals surface area contributed by atoms with Crippen LogP contribution >= 0.6 is 0 Å². The molecule has 112 valence electrons. The Bertz CT molecular complexity index is 491. The number of nitrogen functional groups attached to an aromatic ring is 1. The number of hydrogen-bond acceptors (Lipinski definition) is 4. The average molecular weight is 296 g/mol. The molecule has 4 nitrogen and oxygen atoms in total. The van der Waals surface area contributed by atoms with Crippen LogP contribution < -0.4 is 5.73 Å². The molecule has 1 saturated heterocycles. The molecule has 2 rings (SSSR count). The Balaban J connectivity index is 2.02. The van der Waals surface area contributed by atoms with Crippen molar-refractivity contribution in [2.24, 2.45) is 0 Å². The summed E-state index contributed by atoms with van der Waals surface area (Å²) in [4.78, 5) is 3.20. The van der Waals surface area contributed by atoms with Crippen molar-refractivity contribution in [3.8, 4) is 0 Å². The summed E-state index contributed by atoms with van der Waals surface area (Å²) in [6.45, 7) is 8.86. The predicted octanol–water partition coefficient (Wildman–Crippen LogP) is 1.79. The first kappa shape index (κ1) is 15.5. The highest BCUT2D eigenvalue weighted by Gasteiger charge is 2.24. The Morgan fingerprint density at radius 1 is 1.50 bits per heavy atom. The van der Waals surface area contributed by atoms with E-state index < -0.39 is 10.8 Å². The van der Waals surface area contributed by atoms with Crippen LogP contribution in [-0.2, 0) is 15.5 Å². The molecule has 1 aliphatic heterocycles. The average Bonchev–Trinajstić information content (AvgIpc) is 2.41. The minimum absolute atomic E-state index is 0.0350. The lowest BCUT2D eigenvalue weighted by molar-refractivity contribution is -0.0268. The maximum absolute atomic E-state index is 12.5. The number of nitrogens with zero attached hydrogens (tertiary/aromatic N) is 1. The second kappa shape index (κ2) is 6.70. The summed E-state index contributed by atoms with van der Waals surface area (Å²) in [5.41, 5.74) is 7.47. The molecule has 5 heteroatoms. The fraction of sp³-hybridized carbons (Fsp3) is 0.600. The maximum Gasteiger partial charge on any atom is 0.0821 e. The van der Waals surface area contributed by atoms with E-state index in [2.05, 4.69) is 18.7 Å². The van der Waals surface area contributed by atoms with Crippen LogP contribution in [0, 0.1) is 6.92 Å². The third-order valence-corrected chi connectivity index (χ3v) is 5.30. The number of nitrogens with two attached hydrogens (primary N) is 1. The number of morpholine rings is 1. The fourth-order valence-corrected chi connectivity index (χ4v) is 3.85. The van der Waals surface area contributed by atoms with Crippen molar-refractivity contribution in [3.63, 3.8) is 0 Å². The minimum Gasteiger partial charge on any atom is -0.399 e. The summed E-state index contributed by atoms with van der Waals surface area (Å²) in [7, 11) is -1.06. The molecule has 0 aromatic heterocycles. The van der Waals surface area contributed by atoms with Crippen LogP contribution in [0.5, 0.6) is 0 Å². The number of benzene rings is 1. The van der Waals surface area contributed by atoms with Gasteiger partial charge in [-0.3, -0.25) is 9.11 Å². The molecule has 0 radical (unpaired) electrons. The summed E-state index contributed by atoms with van der Waals surface area (Å²) in [6, 6.07) is 6.08. The molecule has 2 atom stereocenters. The number of rotatable bonds is 4. The molecule has 0 amide bonds. The number of anilines is 1. The quantitative estimate of drug-likeness (QED) is 0.861. The van der Waals surface area contributed by atoms with Crippen molar-refractivity contribution in [1.82, 2.24) is 4.90 Å². The standard InChI is InChI=1S/C15H24N2O2S/c1-11(2)17-6-7-19-14(9-17)10-20(18)15-8-13(16)5-4-12(15)3/h4-5,8,11,14H,6-7,9-10,16H2,1-3H3. The zero-order valence-electron chi connectivity index (χ0n) is 12.5. The zero-order valence-corrected chi connectivity index (χ0v) is 13.3. The van der Waals surface area contributed by atoms with Gasteiger partial charge in [-0.05, 0) is 38.5 Å². The fourth-order valence-electron chi connectivity index (χ4n) is 2.43. The Morgan fingerprint density at radius 3 is 2.95 bits per heavy atom. The predicted molar refractivity (Wildman–Crippen MR) is 83.3 cm³/mol. The lowest BCUT2D eigenvalue weighted by Crippen LogP contribution is -2.47. The molecule has 0 spiro atoms. The van der Waals surface area contributed by atoms with E-state index in [0.29, 0.717) is 17.5 Å². The van der Waals surface area contributed by atoms with Crippen LogP contribution in [0.4, 0.5) is 5.69 Å². The van der Waals surface area contributed by atoms with E-state index in [4.69, 9.17) is 10.5 Å². The van der Waals surface area contributed by atoms with Gasteiger partial charge in [0.05, 0.1) is 29.3 Å². The maximum atomic E-state index is 12.5. The lowest BCUT2D eigenvalue weighted by Gasteiger charge is -2.35. The van der Waals surface area contributed by atoms with E-state index in [0.717, 1.165) is 30.2 Å². The number of aryl methyl sites for hydroxylation is 1. The van der Waals surface area contributed by atoms with Crippen molar-refractivity contribution in [2.75, 3.05) is 31.2 Å². The van der Waals surface area contributed by atoms with Crippen LogP contribution in [-0.4, -0.2) is 46.7 Å².